The first kappa shape index (κ1) is 30.6. The molecule has 4 amide bonds. The Labute approximate surface area is 235 Å². The SMILES string of the molecule is CCOC(=O)/C=C/[C@H](C[C@@H]1CCNC1=O)NC(=O)[C@@H](CC(C)C)N1CC[C@H](NC(=O)OCc2ccccc2)C1=O. The second-order valence-electron chi connectivity index (χ2n) is 10.5. The summed E-state index contributed by atoms with van der Waals surface area (Å²) in [6.07, 6.45) is 3.77. The molecule has 0 saturated carbocycles. The van der Waals surface area contributed by atoms with Gasteiger partial charge in [0.25, 0.3) is 0 Å². The van der Waals surface area contributed by atoms with Crippen molar-refractivity contribution in [3.63, 3.8) is 0 Å². The number of nitrogens with zero attached hydrogens (tertiary/aromatic N) is 1. The molecule has 11 nitrogen and oxygen atoms in total. The van der Waals surface area contributed by atoms with Gasteiger partial charge < -0.3 is 30.3 Å². The van der Waals surface area contributed by atoms with Crippen LogP contribution in [0.3, 0.4) is 0 Å². The number of amides is 4. The highest BCUT2D eigenvalue weighted by Crippen LogP contribution is 2.22. The molecule has 0 aromatic heterocycles. The Morgan fingerprint density at radius 1 is 1.12 bits per heavy atom. The molecule has 3 N–H and O–H groups in total. The first-order valence-electron chi connectivity index (χ1n) is 13.9. The third-order valence-corrected chi connectivity index (χ3v) is 6.90. The van der Waals surface area contributed by atoms with Crippen LogP contribution in [-0.4, -0.2) is 72.5 Å². The van der Waals surface area contributed by atoms with Gasteiger partial charge in [-0.1, -0.05) is 50.3 Å². The van der Waals surface area contributed by atoms with Gasteiger partial charge in [-0.25, -0.2) is 9.59 Å². The second-order valence-corrected chi connectivity index (χ2v) is 10.5. The highest BCUT2D eigenvalue weighted by atomic mass is 16.5. The molecule has 11 heteroatoms. The summed E-state index contributed by atoms with van der Waals surface area (Å²) in [6.45, 7) is 6.76. The molecule has 0 bridgehead atoms. The molecule has 218 valence electrons. The fourth-order valence-electron chi connectivity index (χ4n) is 4.90. The fraction of sp³-hybridized carbons (Fsp3) is 0.552. The van der Waals surface area contributed by atoms with E-state index in [1.165, 1.54) is 17.1 Å². The highest BCUT2D eigenvalue weighted by Gasteiger charge is 2.40. The number of nitrogens with one attached hydrogen (secondary N) is 3. The van der Waals surface area contributed by atoms with E-state index in [1.807, 2.05) is 44.2 Å². The van der Waals surface area contributed by atoms with Crippen molar-refractivity contribution in [2.45, 2.75) is 71.2 Å². The Kier molecular flexibility index (Phi) is 11.5. The van der Waals surface area contributed by atoms with Crippen molar-refractivity contribution < 1.29 is 33.4 Å². The van der Waals surface area contributed by atoms with Gasteiger partial charge in [-0.15, -0.1) is 0 Å². The summed E-state index contributed by atoms with van der Waals surface area (Å²) < 4.78 is 10.2. The summed E-state index contributed by atoms with van der Waals surface area (Å²) in [5.41, 5.74) is 0.826. The summed E-state index contributed by atoms with van der Waals surface area (Å²) in [4.78, 5) is 64.8. The van der Waals surface area contributed by atoms with Crippen LogP contribution in [-0.2, 0) is 35.3 Å². The van der Waals surface area contributed by atoms with Crippen molar-refractivity contribution in [3.8, 4) is 0 Å². The van der Waals surface area contributed by atoms with Gasteiger partial charge in [0.05, 0.1) is 6.61 Å². The van der Waals surface area contributed by atoms with E-state index in [-0.39, 0.29) is 42.8 Å². The highest BCUT2D eigenvalue weighted by molar-refractivity contribution is 5.93. The minimum absolute atomic E-state index is 0.0788. The molecular weight excluding hydrogens is 516 g/mol. The van der Waals surface area contributed by atoms with Gasteiger partial charge >= 0.3 is 12.1 Å². The number of hydrogen-bond donors (Lipinski definition) is 3. The lowest BCUT2D eigenvalue weighted by Crippen LogP contribution is -2.52. The third kappa shape index (κ3) is 9.10. The van der Waals surface area contributed by atoms with Crippen LogP contribution in [0.5, 0.6) is 0 Å². The van der Waals surface area contributed by atoms with Gasteiger partial charge in [0.2, 0.25) is 17.7 Å². The largest absolute Gasteiger partial charge is 0.463 e. The number of hydrogen-bond acceptors (Lipinski definition) is 7. The predicted molar refractivity (Wildman–Crippen MR) is 147 cm³/mol. The van der Waals surface area contributed by atoms with Gasteiger partial charge in [-0.05, 0) is 44.1 Å². The van der Waals surface area contributed by atoms with Crippen LogP contribution in [0.15, 0.2) is 42.5 Å². The summed E-state index contributed by atoms with van der Waals surface area (Å²) in [5, 5.41) is 8.35. The van der Waals surface area contributed by atoms with E-state index in [1.54, 1.807) is 6.92 Å². The molecule has 0 radical (unpaired) electrons. The molecule has 4 atom stereocenters. The summed E-state index contributed by atoms with van der Waals surface area (Å²) in [5.74, 6) is -1.58. The Morgan fingerprint density at radius 2 is 1.88 bits per heavy atom. The average molecular weight is 557 g/mol. The van der Waals surface area contributed by atoms with E-state index in [4.69, 9.17) is 9.47 Å². The zero-order valence-electron chi connectivity index (χ0n) is 23.4. The molecule has 0 spiro atoms. The Balaban J connectivity index is 1.65. The van der Waals surface area contributed by atoms with Crippen molar-refractivity contribution in [2.24, 2.45) is 11.8 Å². The maximum Gasteiger partial charge on any atom is 0.408 e. The van der Waals surface area contributed by atoms with Crippen LogP contribution in [0.4, 0.5) is 4.79 Å². The van der Waals surface area contributed by atoms with Crippen molar-refractivity contribution in [2.75, 3.05) is 19.7 Å². The number of esters is 1. The van der Waals surface area contributed by atoms with Crippen LogP contribution in [0.25, 0.3) is 0 Å². The molecular formula is C29H40N4O7. The van der Waals surface area contributed by atoms with Crippen molar-refractivity contribution >= 4 is 29.8 Å². The number of alkyl carbamates (subject to hydrolysis) is 1. The summed E-state index contributed by atoms with van der Waals surface area (Å²) in [6, 6.07) is 7.02. The van der Waals surface area contributed by atoms with Gasteiger partial charge in [0.15, 0.2) is 0 Å². The molecule has 2 heterocycles. The fourth-order valence-corrected chi connectivity index (χ4v) is 4.90. The molecule has 2 aliphatic heterocycles. The topological polar surface area (TPSA) is 143 Å². The standard InChI is InChI=1S/C29H40N4O7/c1-4-39-25(34)11-10-22(17-21-12-14-30-26(21)35)31-27(36)24(16-19(2)3)33-15-13-23(28(33)37)32-29(38)40-18-20-8-6-5-7-9-20/h5-11,19,21-24H,4,12-18H2,1-3H3,(H,30,35)(H,31,36)(H,32,38)/b11-10+/t21-,22+,23-,24+/m0/s1. The Hall–Kier alpha value is -3.89. The van der Waals surface area contributed by atoms with Crippen molar-refractivity contribution in [1.82, 2.24) is 20.9 Å². The van der Waals surface area contributed by atoms with Gasteiger partial charge in [-0.2, -0.15) is 0 Å². The summed E-state index contributed by atoms with van der Waals surface area (Å²) in [7, 11) is 0. The van der Waals surface area contributed by atoms with E-state index in [0.29, 0.717) is 38.8 Å². The number of benzene rings is 1. The van der Waals surface area contributed by atoms with Crippen LogP contribution in [0.2, 0.25) is 0 Å². The Morgan fingerprint density at radius 3 is 2.52 bits per heavy atom. The van der Waals surface area contributed by atoms with Gasteiger partial charge in [0, 0.05) is 31.1 Å². The first-order valence-corrected chi connectivity index (χ1v) is 13.9. The van der Waals surface area contributed by atoms with E-state index >= 15 is 0 Å². The monoisotopic (exact) mass is 556 g/mol. The normalized spacial score (nSPS) is 20.4. The van der Waals surface area contributed by atoms with Crippen LogP contribution in [0, 0.1) is 11.8 Å². The van der Waals surface area contributed by atoms with Gasteiger partial charge in [-0.3, -0.25) is 14.4 Å². The molecule has 2 fully saturated rings. The van der Waals surface area contributed by atoms with Crippen LogP contribution >= 0.6 is 0 Å². The van der Waals surface area contributed by atoms with E-state index in [0.717, 1.165) is 5.56 Å². The zero-order chi connectivity index (χ0) is 29.1. The molecule has 2 saturated heterocycles. The lowest BCUT2D eigenvalue weighted by molar-refractivity contribution is -0.139. The number of likely N-dealkylation sites (tertiary alicyclic amines) is 1. The first-order chi connectivity index (χ1) is 19.2. The average Bonchev–Trinajstić information content (AvgIpc) is 3.49. The number of carbonyl (C=O) groups is 5. The zero-order valence-corrected chi connectivity index (χ0v) is 23.4. The molecule has 0 aliphatic carbocycles. The molecule has 1 aromatic rings. The van der Waals surface area contributed by atoms with E-state index < -0.39 is 30.2 Å². The molecule has 1 aromatic carbocycles. The summed E-state index contributed by atoms with van der Waals surface area (Å²) >= 11 is 0. The minimum Gasteiger partial charge on any atom is -0.463 e. The third-order valence-electron chi connectivity index (χ3n) is 6.90. The minimum atomic E-state index is -0.799. The Bertz CT molecular complexity index is 1080. The van der Waals surface area contributed by atoms with E-state index in [2.05, 4.69) is 16.0 Å². The van der Waals surface area contributed by atoms with Crippen LogP contribution in [0.1, 0.15) is 52.0 Å². The predicted octanol–water partition coefficient (Wildman–Crippen LogP) is 2.06. The smallest absolute Gasteiger partial charge is 0.408 e. The van der Waals surface area contributed by atoms with E-state index in [9.17, 15) is 24.0 Å². The number of carbonyl (C=O) groups excluding carboxylic acids is 5. The lowest BCUT2D eigenvalue weighted by Gasteiger charge is -2.30. The van der Waals surface area contributed by atoms with Crippen molar-refractivity contribution in [3.05, 3.63) is 48.0 Å². The van der Waals surface area contributed by atoms with Crippen LogP contribution < -0.4 is 16.0 Å². The molecule has 40 heavy (non-hydrogen) atoms. The maximum absolute atomic E-state index is 13.6. The second kappa shape index (κ2) is 15.0. The molecule has 3 rings (SSSR count). The van der Waals surface area contributed by atoms with Gasteiger partial charge in [0.1, 0.15) is 18.7 Å². The van der Waals surface area contributed by atoms with Crippen molar-refractivity contribution in [1.29, 1.82) is 0 Å². The molecule has 0 unspecified atom stereocenters. The quantitative estimate of drug-likeness (QED) is 0.249. The number of ether oxygens (including phenoxy) is 2. The maximum atomic E-state index is 13.6. The lowest BCUT2D eigenvalue weighted by atomic mass is 9.96. The number of rotatable bonds is 13. The molecule has 2 aliphatic rings.